The summed E-state index contributed by atoms with van der Waals surface area (Å²) in [5, 5.41) is 2.50. The zero-order chi connectivity index (χ0) is 15.9. The van der Waals surface area contributed by atoms with Crippen LogP contribution in [0.5, 0.6) is 0 Å². The fourth-order valence-corrected chi connectivity index (χ4v) is 2.31. The van der Waals surface area contributed by atoms with Gasteiger partial charge >= 0.3 is 0 Å². The highest BCUT2D eigenvalue weighted by molar-refractivity contribution is 7.99. The van der Waals surface area contributed by atoms with Gasteiger partial charge in [0.1, 0.15) is 5.82 Å². The Hall–Kier alpha value is -2.21. The van der Waals surface area contributed by atoms with Gasteiger partial charge in [0.2, 0.25) is 5.91 Å². The largest absolute Gasteiger partial charge is 0.321 e. The number of para-hydroxylation sites is 1. The van der Waals surface area contributed by atoms with Crippen LogP contribution in [0.3, 0.4) is 0 Å². The second kappa shape index (κ2) is 7.70. The first-order chi connectivity index (χ1) is 10.6. The molecule has 0 saturated heterocycles. The van der Waals surface area contributed by atoms with Crippen molar-refractivity contribution < 1.29 is 18.0 Å². The summed E-state index contributed by atoms with van der Waals surface area (Å²) in [7, 11) is 0. The highest BCUT2D eigenvalue weighted by Gasteiger charge is 2.10. The minimum absolute atomic E-state index is 0.269. The minimum Gasteiger partial charge on any atom is -0.321 e. The first-order valence-electron chi connectivity index (χ1n) is 6.33. The molecule has 0 aromatic heterocycles. The van der Waals surface area contributed by atoms with E-state index in [2.05, 4.69) is 5.32 Å². The molecule has 0 radical (unpaired) electrons. The lowest BCUT2D eigenvalue weighted by molar-refractivity contribution is -0.111. The van der Waals surface area contributed by atoms with Crippen LogP contribution >= 0.6 is 11.8 Å². The van der Waals surface area contributed by atoms with Gasteiger partial charge in [-0.25, -0.2) is 4.39 Å². The molecular weight excluding hydrogens is 311 g/mol. The fraction of sp³-hybridized carbons (Fsp3) is 0.0625. The number of halogens is 3. The van der Waals surface area contributed by atoms with E-state index in [0.717, 1.165) is 6.08 Å². The Morgan fingerprint density at radius 3 is 2.50 bits per heavy atom. The van der Waals surface area contributed by atoms with E-state index in [-0.39, 0.29) is 16.1 Å². The number of hydrogen-bond donors (Lipinski definition) is 1. The lowest BCUT2D eigenvalue weighted by Gasteiger charge is -2.08. The maximum absolute atomic E-state index is 13.4. The van der Waals surface area contributed by atoms with Crippen molar-refractivity contribution in [2.24, 2.45) is 0 Å². The van der Waals surface area contributed by atoms with Crippen LogP contribution in [0.2, 0.25) is 0 Å². The summed E-state index contributed by atoms with van der Waals surface area (Å²) in [6, 6.07) is 12.3. The van der Waals surface area contributed by atoms with Gasteiger partial charge in [-0.1, -0.05) is 42.1 Å². The van der Waals surface area contributed by atoms with Crippen molar-refractivity contribution in [3.8, 4) is 0 Å². The third-order valence-corrected chi connectivity index (χ3v) is 3.47. The molecular formula is C16H12F3NOS. The van der Waals surface area contributed by atoms with Crippen LogP contribution in [0.25, 0.3) is 6.08 Å². The summed E-state index contributed by atoms with van der Waals surface area (Å²) in [6.07, 6.45) is 2.48. The van der Waals surface area contributed by atoms with Gasteiger partial charge < -0.3 is 5.32 Å². The molecule has 0 fully saturated rings. The number of amides is 1. The van der Waals surface area contributed by atoms with Crippen molar-refractivity contribution in [3.05, 3.63) is 66.0 Å². The number of hydrogen-bond acceptors (Lipinski definition) is 2. The highest BCUT2D eigenvalue weighted by atomic mass is 32.2. The Morgan fingerprint density at radius 2 is 1.77 bits per heavy atom. The number of anilines is 1. The van der Waals surface area contributed by atoms with Crippen molar-refractivity contribution >= 4 is 29.4 Å². The minimum atomic E-state index is -2.58. The molecule has 2 aromatic carbocycles. The molecule has 6 heteroatoms. The summed E-state index contributed by atoms with van der Waals surface area (Å²) in [6.45, 7) is 0. The highest BCUT2D eigenvalue weighted by Crippen LogP contribution is 2.31. The van der Waals surface area contributed by atoms with Crippen LogP contribution in [0.4, 0.5) is 18.9 Å². The van der Waals surface area contributed by atoms with Crippen molar-refractivity contribution in [1.82, 2.24) is 0 Å². The van der Waals surface area contributed by atoms with Crippen molar-refractivity contribution in [2.45, 2.75) is 10.7 Å². The van der Waals surface area contributed by atoms with E-state index in [1.165, 1.54) is 30.3 Å². The third kappa shape index (κ3) is 4.66. The van der Waals surface area contributed by atoms with Gasteiger partial charge in [-0.3, -0.25) is 4.79 Å². The Labute approximate surface area is 130 Å². The zero-order valence-electron chi connectivity index (χ0n) is 11.3. The molecule has 0 saturated carbocycles. The summed E-state index contributed by atoms with van der Waals surface area (Å²) in [5.41, 5.74) is 0.559. The van der Waals surface area contributed by atoms with Gasteiger partial charge in [-0.2, -0.15) is 8.78 Å². The van der Waals surface area contributed by atoms with Gasteiger partial charge in [0.25, 0.3) is 5.76 Å². The van der Waals surface area contributed by atoms with Gasteiger partial charge in [-0.05, 0) is 24.3 Å². The molecule has 0 atom stereocenters. The van der Waals surface area contributed by atoms with E-state index < -0.39 is 17.5 Å². The SMILES string of the molecule is O=C(/C=C/c1ccccc1F)Nc1ccccc1SC(F)F. The number of nitrogens with one attached hydrogen (secondary N) is 1. The maximum atomic E-state index is 13.4. The Kier molecular flexibility index (Phi) is 5.66. The van der Waals surface area contributed by atoms with Crippen molar-refractivity contribution in [1.29, 1.82) is 0 Å². The molecule has 0 spiro atoms. The van der Waals surface area contributed by atoms with Crippen LogP contribution in [0.1, 0.15) is 5.56 Å². The van der Waals surface area contributed by atoms with Gasteiger partial charge in [0, 0.05) is 16.5 Å². The fourth-order valence-electron chi connectivity index (χ4n) is 1.72. The van der Waals surface area contributed by atoms with Gasteiger partial charge in [0.15, 0.2) is 0 Å². The van der Waals surface area contributed by atoms with E-state index in [9.17, 15) is 18.0 Å². The molecule has 0 heterocycles. The number of thioether (sulfide) groups is 1. The number of carbonyl (C=O) groups is 1. The van der Waals surface area contributed by atoms with Crippen LogP contribution in [-0.2, 0) is 4.79 Å². The quantitative estimate of drug-likeness (QED) is 0.633. The number of carbonyl (C=O) groups excluding carboxylic acids is 1. The summed E-state index contributed by atoms with van der Waals surface area (Å²) >= 11 is 0.352. The Balaban J connectivity index is 2.08. The molecule has 2 rings (SSSR count). The Morgan fingerprint density at radius 1 is 1.09 bits per heavy atom. The van der Waals surface area contributed by atoms with Crippen LogP contribution in [0, 0.1) is 5.82 Å². The van der Waals surface area contributed by atoms with E-state index in [1.54, 1.807) is 24.3 Å². The normalized spacial score (nSPS) is 11.1. The predicted molar refractivity (Wildman–Crippen MR) is 82.4 cm³/mol. The van der Waals surface area contributed by atoms with E-state index in [0.29, 0.717) is 11.8 Å². The molecule has 1 N–H and O–H groups in total. The second-order valence-electron chi connectivity index (χ2n) is 4.22. The van der Waals surface area contributed by atoms with Crippen molar-refractivity contribution in [3.63, 3.8) is 0 Å². The van der Waals surface area contributed by atoms with Gasteiger partial charge in [-0.15, -0.1) is 0 Å². The number of rotatable bonds is 5. The monoisotopic (exact) mass is 323 g/mol. The maximum Gasteiger partial charge on any atom is 0.288 e. The third-order valence-electron chi connectivity index (χ3n) is 2.68. The molecule has 114 valence electrons. The summed E-state index contributed by atoms with van der Waals surface area (Å²) in [4.78, 5) is 12.1. The molecule has 0 aliphatic rings. The first-order valence-corrected chi connectivity index (χ1v) is 7.21. The average molecular weight is 323 g/mol. The summed E-state index contributed by atoms with van der Waals surface area (Å²) < 4.78 is 38.3. The molecule has 22 heavy (non-hydrogen) atoms. The number of benzene rings is 2. The lowest BCUT2D eigenvalue weighted by Crippen LogP contribution is -2.08. The van der Waals surface area contributed by atoms with E-state index in [1.807, 2.05) is 0 Å². The van der Waals surface area contributed by atoms with E-state index in [4.69, 9.17) is 0 Å². The molecule has 0 aliphatic carbocycles. The second-order valence-corrected chi connectivity index (χ2v) is 5.25. The average Bonchev–Trinajstić information content (AvgIpc) is 2.48. The van der Waals surface area contributed by atoms with Gasteiger partial charge in [0.05, 0.1) is 5.69 Å². The summed E-state index contributed by atoms with van der Waals surface area (Å²) in [5.74, 6) is -3.54. The van der Waals surface area contributed by atoms with Crippen LogP contribution in [0.15, 0.2) is 59.5 Å². The first kappa shape index (κ1) is 16.2. The lowest BCUT2D eigenvalue weighted by atomic mass is 10.2. The standard InChI is InChI=1S/C16H12F3NOS/c17-12-6-2-1-5-11(12)9-10-15(21)20-13-7-3-4-8-14(13)22-16(18)19/h1-10,16H,(H,20,21)/b10-9+. The zero-order valence-corrected chi connectivity index (χ0v) is 12.1. The predicted octanol–water partition coefficient (Wildman–Crippen LogP) is 4.79. The van der Waals surface area contributed by atoms with Crippen LogP contribution < -0.4 is 5.32 Å². The topological polar surface area (TPSA) is 29.1 Å². The molecule has 0 bridgehead atoms. The molecule has 0 aliphatic heterocycles. The number of alkyl halides is 2. The van der Waals surface area contributed by atoms with Crippen LogP contribution in [-0.4, -0.2) is 11.7 Å². The smallest absolute Gasteiger partial charge is 0.288 e. The molecule has 1 amide bonds. The molecule has 2 aromatic rings. The Bertz CT molecular complexity index is 689. The molecule has 2 nitrogen and oxygen atoms in total. The molecule has 0 unspecified atom stereocenters. The van der Waals surface area contributed by atoms with E-state index >= 15 is 0 Å². The van der Waals surface area contributed by atoms with Crippen molar-refractivity contribution in [2.75, 3.05) is 5.32 Å².